The van der Waals surface area contributed by atoms with Gasteiger partial charge in [0.25, 0.3) is 0 Å². The van der Waals surface area contributed by atoms with E-state index in [1.165, 1.54) is 62.0 Å². The SMILES string of the molecule is CC(=O)NC(CCCc1cc(C)cc(C)c1)C(N)=O.CCc1cc(OCCCCn2cc(COCCOCCOCCOCCOCCOCCOCCOCCCC(C)(C)C)nn2)ccc1-c1ccc(CC(C)NC(=O)C(CC(=O)O)NC(=O)C(CO)NC(=O)C(NC(=O)C(C)(Cc2ccccc2F)NC(=O)C(NC(=O)CNC(=O)C(Cc2nn[nH]n2)NC(=O)C(C)(C)C(=O)NCCc2cnc[nH]2)C(C)O)C(C)O)cc1. The lowest BCUT2D eigenvalue weighted by Gasteiger charge is -2.34. The third-order valence-electron chi connectivity index (χ3n) is 22.9. The number of nitrogens with two attached hydrogens (primary N) is 1. The molecule has 10 atom stereocenters. The summed E-state index contributed by atoms with van der Waals surface area (Å²) in [6.45, 7) is 28.6. The molecule has 0 aliphatic carbocycles. The van der Waals surface area contributed by atoms with E-state index in [9.17, 15) is 78.0 Å². The second-order valence-electron chi connectivity index (χ2n) is 37.5. The Hall–Kier alpha value is -12.8. The highest BCUT2D eigenvalue weighted by Crippen LogP contribution is 2.30. The lowest BCUT2D eigenvalue weighted by Crippen LogP contribution is -2.67. The number of halogens is 1. The normalized spacial score (nSPS) is 13.7. The summed E-state index contributed by atoms with van der Waals surface area (Å²) in [5.74, 6) is -12.2. The molecular formula is C101H151FN20O25. The van der Waals surface area contributed by atoms with Crippen molar-refractivity contribution in [3.8, 4) is 16.9 Å². The highest BCUT2D eigenvalue weighted by atomic mass is 19.1. The molecular weight excluding hydrogens is 1910 g/mol. The number of carbonyl (C=O) groups excluding carboxylic acids is 11. The van der Waals surface area contributed by atoms with Gasteiger partial charge < -0.3 is 127 Å². The van der Waals surface area contributed by atoms with Crippen LogP contribution in [-0.4, -0.2) is 322 Å². The number of nitrogens with one attached hydrogen (secondary N) is 12. The van der Waals surface area contributed by atoms with Crippen molar-refractivity contribution in [2.75, 3.05) is 125 Å². The first kappa shape index (κ1) is 123. The lowest BCUT2D eigenvalue weighted by molar-refractivity contribution is -0.143. The van der Waals surface area contributed by atoms with Crippen LogP contribution in [0, 0.1) is 30.5 Å². The molecule has 7 rings (SSSR count). The number of ether oxygens (including phenoxy) is 9. The van der Waals surface area contributed by atoms with Crippen LogP contribution in [0.5, 0.6) is 5.75 Å². The van der Waals surface area contributed by atoms with E-state index >= 15 is 4.39 Å². The zero-order valence-electron chi connectivity index (χ0n) is 86.5. The van der Waals surface area contributed by atoms with Crippen LogP contribution in [0.2, 0.25) is 0 Å². The van der Waals surface area contributed by atoms with E-state index in [1.807, 2.05) is 55.6 Å². The minimum atomic E-state index is -2.35. The van der Waals surface area contributed by atoms with Gasteiger partial charge in [-0.2, -0.15) is 5.21 Å². The minimum absolute atomic E-state index is 0.0519. The molecule has 0 spiro atoms. The largest absolute Gasteiger partial charge is 0.494 e. The molecule has 0 saturated carbocycles. The summed E-state index contributed by atoms with van der Waals surface area (Å²) in [7, 11) is 0. The molecule has 0 aliphatic heterocycles. The van der Waals surface area contributed by atoms with E-state index in [0.717, 1.165) is 106 Å². The average molecular weight is 2060 g/mol. The summed E-state index contributed by atoms with van der Waals surface area (Å²) >= 11 is 0. The molecule has 0 aliphatic rings. The van der Waals surface area contributed by atoms with E-state index in [2.05, 4.69) is 147 Å². The predicted molar refractivity (Wildman–Crippen MR) is 536 cm³/mol. The van der Waals surface area contributed by atoms with Crippen molar-refractivity contribution in [3.63, 3.8) is 0 Å². The van der Waals surface area contributed by atoms with Crippen LogP contribution in [0.25, 0.3) is 11.1 Å². The van der Waals surface area contributed by atoms with Gasteiger partial charge in [-0.25, -0.2) is 9.37 Å². The van der Waals surface area contributed by atoms with Gasteiger partial charge in [0.1, 0.15) is 64.5 Å². The molecule has 7 aromatic rings. The topological polar surface area (TPSA) is 629 Å². The van der Waals surface area contributed by atoms with Gasteiger partial charge in [-0.15, -0.1) is 15.3 Å². The van der Waals surface area contributed by atoms with E-state index in [-0.39, 0.29) is 30.3 Å². The number of tetrazole rings is 1. The summed E-state index contributed by atoms with van der Waals surface area (Å²) in [6.07, 6.45) is 6.61. The number of aryl methyl sites for hydroxylation is 5. The number of imidazole rings is 1. The first-order chi connectivity index (χ1) is 70.1. The number of aliphatic hydroxyl groups is 3. The first-order valence-electron chi connectivity index (χ1n) is 49.4. The van der Waals surface area contributed by atoms with Gasteiger partial charge in [0.05, 0.1) is 150 Å². The van der Waals surface area contributed by atoms with Crippen LogP contribution in [-0.2, 0) is 147 Å². The Kier molecular flexibility index (Phi) is 55.0. The van der Waals surface area contributed by atoms with Crippen molar-refractivity contribution in [2.24, 2.45) is 16.6 Å². The van der Waals surface area contributed by atoms with Gasteiger partial charge in [-0.05, 0) is 170 Å². The number of aromatic amines is 2. The standard InChI is InChI=1S/C86H129FN18O23.C15H22N2O2/c1-11-60-46-65(128-30-15-14-28-105-52-64(99-104-105)54-127-44-43-126-42-41-125-40-39-124-38-37-123-36-35-122-34-33-121-32-31-120-29-16-26-84(5,6)7)23-24-66(60)61-21-19-59(20-22-61)45-56(2)92-77(113)69(48-73(110)111)93-78(114)70(53-106)94-79(115)74(57(3)107)97-83(119)86(10,49-62-17-12-13-18-67(62)87)98-80(116)75(58(4)108)96-72(109)51-90-76(112)68(47-71-100-102-103-101-71)95-82(118)85(8,9)81(117)89-27-25-63-50-88-55-91-63;1-10-7-11(2)9-13(8-10)5-4-6-14(15(16)19)17-12(3)18/h12-13,17-24,46,50,52,55-58,68-70,74-75,106-108H,11,14-16,25-45,47-49,51,53-54H2,1-10H3,(H,88,91)(H,89,117)(H,90,112)(H,92,113)(H,93,114)(H,94,115)(H,95,118)(H,96,109)(H,97,119)(H,98,116)(H,110,111)(H,100,101,102,103);7-9,14H,4-6H2,1-3H3,(H2,16,19)(H,17,18). The van der Waals surface area contributed by atoms with Gasteiger partial charge >= 0.3 is 5.97 Å². The third-order valence-corrected chi connectivity index (χ3v) is 22.9. The second-order valence-corrected chi connectivity index (χ2v) is 37.5. The summed E-state index contributed by atoms with van der Waals surface area (Å²) in [5.41, 5.74) is 10.2. The fourth-order valence-electron chi connectivity index (χ4n) is 14.9. The number of amides is 11. The van der Waals surface area contributed by atoms with Crippen molar-refractivity contribution < 1.29 is 125 Å². The molecule has 3 aromatic heterocycles. The fraction of sp³-hybridized carbons (Fsp3) is 0.584. The molecule has 46 heteroatoms. The predicted octanol–water partition coefficient (Wildman–Crippen LogP) is 2.38. The van der Waals surface area contributed by atoms with Gasteiger partial charge in [0.15, 0.2) is 5.82 Å². The van der Waals surface area contributed by atoms with Crippen LogP contribution in [0.3, 0.4) is 0 Å². The smallest absolute Gasteiger partial charge is 0.305 e. The molecule has 45 nitrogen and oxygen atoms in total. The molecule has 0 saturated heterocycles. The van der Waals surface area contributed by atoms with Gasteiger partial charge in [0.2, 0.25) is 65.0 Å². The van der Waals surface area contributed by atoms with E-state index in [0.29, 0.717) is 143 Å². The fourth-order valence-corrected chi connectivity index (χ4v) is 14.9. The Bertz CT molecular complexity index is 5160. The molecule has 0 fully saturated rings. The van der Waals surface area contributed by atoms with Crippen LogP contribution < -0.4 is 63.6 Å². The summed E-state index contributed by atoms with van der Waals surface area (Å²) in [4.78, 5) is 166. The van der Waals surface area contributed by atoms with Gasteiger partial charge in [-0.3, -0.25) is 62.2 Å². The van der Waals surface area contributed by atoms with Crippen LogP contribution in [0.15, 0.2) is 104 Å². The van der Waals surface area contributed by atoms with Crippen molar-refractivity contribution in [1.29, 1.82) is 0 Å². The number of hydrogen-bond donors (Lipinski definition) is 17. The Balaban J connectivity index is 0.00000155. The molecule has 4 aromatic carbocycles. The quantitative estimate of drug-likeness (QED) is 0.0192. The number of carbonyl (C=O) groups is 12. The number of aliphatic carboxylic acids is 1. The molecule has 0 radical (unpaired) electrons. The number of nitrogens with zero attached hydrogens (tertiary/aromatic N) is 7. The lowest BCUT2D eigenvalue weighted by atomic mass is 9.90. The molecule has 18 N–H and O–H groups in total. The number of carboxylic acids is 1. The molecule has 11 amide bonds. The maximum atomic E-state index is 15.5. The monoisotopic (exact) mass is 2060 g/mol. The Morgan fingerprint density at radius 3 is 1.72 bits per heavy atom. The highest BCUT2D eigenvalue weighted by molar-refractivity contribution is 6.06. The number of rotatable bonds is 71. The third kappa shape index (κ3) is 47.7. The molecule has 812 valence electrons. The van der Waals surface area contributed by atoms with Gasteiger partial charge in [-0.1, -0.05) is 116 Å². The van der Waals surface area contributed by atoms with Crippen LogP contribution in [0.1, 0.15) is 172 Å². The van der Waals surface area contributed by atoms with E-state index in [4.69, 9.17) is 48.4 Å². The number of aromatic nitrogens is 9. The number of aliphatic hydroxyl groups excluding tert-OH is 3. The number of carboxylic acid groups (broad SMARTS) is 1. The van der Waals surface area contributed by atoms with Crippen molar-refractivity contribution >= 4 is 70.9 Å². The van der Waals surface area contributed by atoms with E-state index in [1.54, 1.807) is 17.8 Å². The maximum Gasteiger partial charge on any atom is 0.305 e. The Morgan fingerprint density at radius 1 is 0.565 bits per heavy atom. The zero-order chi connectivity index (χ0) is 108. The zero-order valence-corrected chi connectivity index (χ0v) is 86.5. The minimum Gasteiger partial charge on any atom is -0.494 e. The molecule has 10 unspecified atom stereocenters. The van der Waals surface area contributed by atoms with Crippen molar-refractivity contribution in [3.05, 3.63) is 160 Å². The number of benzene rings is 4. The first-order valence-corrected chi connectivity index (χ1v) is 49.4. The molecule has 3 heterocycles. The number of H-pyrrole nitrogens is 2. The highest BCUT2D eigenvalue weighted by Gasteiger charge is 2.44. The van der Waals surface area contributed by atoms with Crippen LogP contribution in [0.4, 0.5) is 4.39 Å². The molecule has 147 heavy (non-hydrogen) atoms. The summed E-state index contributed by atoms with van der Waals surface area (Å²) < 4.78 is 68.1. The Labute approximate surface area is 856 Å². The molecule has 0 bridgehead atoms. The Morgan fingerprint density at radius 2 is 1.16 bits per heavy atom. The van der Waals surface area contributed by atoms with Crippen molar-refractivity contribution in [2.45, 2.75) is 247 Å². The summed E-state index contributed by atoms with van der Waals surface area (Å²) in [5, 5.41) is 88.1. The number of unbranched alkanes of at least 4 members (excludes halogenated alkanes) is 1. The summed E-state index contributed by atoms with van der Waals surface area (Å²) in [6, 6.07) is 14.6. The maximum absolute atomic E-state index is 15.5. The second kappa shape index (κ2) is 65.7. The van der Waals surface area contributed by atoms with Crippen molar-refractivity contribution in [1.82, 2.24) is 98.8 Å². The average Bonchev–Trinajstić information content (AvgIpc) is 1.71. The van der Waals surface area contributed by atoms with Gasteiger partial charge in [0, 0.05) is 63.8 Å². The number of primary amides is 1. The number of hydrogen-bond acceptors (Lipinski definition) is 30. The van der Waals surface area contributed by atoms with E-state index < -0.39 is 169 Å². The van der Waals surface area contributed by atoms with Crippen LogP contribution >= 0.6 is 0 Å².